The molecule has 0 bridgehead atoms. The molecule has 3 nitrogen and oxygen atoms in total. The Hall–Kier alpha value is -0.410. The van der Waals surface area contributed by atoms with Gasteiger partial charge in [-0.2, -0.15) is 0 Å². The summed E-state index contributed by atoms with van der Waals surface area (Å²) in [5, 5.41) is 11.0. The first kappa shape index (κ1) is 14.9. The van der Waals surface area contributed by atoms with Gasteiger partial charge in [-0.1, -0.05) is 13.8 Å². The van der Waals surface area contributed by atoms with Crippen LogP contribution in [0.25, 0.3) is 0 Å². The zero-order chi connectivity index (χ0) is 16.2. The minimum Gasteiger partial charge on any atom is -0.390 e. The van der Waals surface area contributed by atoms with E-state index in [1.54, 1.807) is 0 Å². The molecule has 23 heavy (non-hydrogen) atoms. The Labute approximate surface area is 139 Å². The molecule has 1 saturated heterocycles. The quantitative estimate of drug-likeness (QED) is 0.697. The van der Waals surface area contributed by atoms with E-state index in [1.807, 2.05) is 0 Å². The van der Waals surface area contributed by atoms with E-state index in [4.69, 9.17) is 4.74 Å². The molecule has 4 saturated carbocycles. The summed E-state index contributed by atoms with van der Waals surface area (Å²) in [5.74, 6) is 3.65. The van der Waals surface area contributed by atoms with Gasteiger partial charge in [-0.25, -0.2) is 0 Å². The number of epoxide rings is 1. The number of carbonyl (C=O) groups is 1. The minimum absolute atomic E-state index is 0.0651. The van der Waals surface area contributed by atoms with E-state index >= 15 is 0 Å². The van der Waals surface area contributed by atoms with Crippen LogP contribution in [0.15, 0.2) is 0 Å². The third-order valence-corrected chi connectivity index (χ3v) is 9.11. The van der Waals surface area contributed by atoms with E-state index in [2.05, 4.69) is 20.8 Å². The number of carbonyl (C=O) groups excluding carboxylic acids is 1. The Morgan fingerprint density at radius 2 is 1.91 bits per heavy atom. The van der Waals surface area contributed by atoms with Crippen LogP contribution in [0.5, 0.6) is 0 Å². The molecule has 0 aromatic carbocycles. The van der Waals surface area contributed by atoms with Gasteiger partial charge >= 0.3 is 0 Å². The Kier molecular flexibility index (Phi) is 2.73. The van der Waals surface area contributed by atoms with Crippen molar-refractivity contribution in [3.05, 3.63) is 0 Å². The average molecular weight is 318 g/mol. The number of fused-ring (bicyclic) bond motifs is 4. The Bertz CT molecular complexity index is 569. The lowest BCUT2D eigenvalue weighted by Gasteiger charge is -2.58. The van der Waals surface area contributed by atoms with Crippen molar-refractivity contribution in [3.63, 3.8) is 0 Å². The summed E-state index contributed by atoms with van der Waals surface area (Å²) in [4.78, 5) is 12.1. The van der Waals surface area contributed by atoms with Gasteiger partial charge in [0, 0.05) is 6.42 Å². The fourth-order valence-corrected chi connectivity index (χ4v) is 7.76. The Morgan fingerprint density at radius 1 is 1.13 bits per heavy atom. The van der Waals surface area contributed by atoms with Crippen LogP contribution in [-0.2, 0) is 9.53 Å². The molecule has 3 heteroatoms. The number of hydrogen-bond donors (Lipinski definition) is 1. The van der Waals surface area contributed by atoms with Crippen molar-refractivity contribution in [3.8, 4) is 0 Å². The molecule has 0 aromatic heterocycles. The van der Waals surface area contributed by atoms with Gasteiger partial charge in [0.05, 0.1) is 5.60 Å². The normalized spacial score (nSPS) is 63.7. The van der Waals surface area contributed by atoms with E-state index in [0.29, 0.717) is 29.5 Å². The van der Waals surface area contributed by atoms with Gasteiger partial charge < -0.3 is 9.84 Å². The highest BCUT2D eigenvalue weighted by Gasteiger charge is 2.73. The number of ether oxygens (including phenoxy) is 1. The van der Waals surface area contributed by atoms with Crippen LogP contribution in [0.4, 0.5) is 0 Å². The highest BCUT2D eigenvalue weighted by Crippen LogP contribution is 2.70. The van der Waals surface area contributed by atoms with E-state index in [9.17, 15) is 9.90 Å². The van der Waals surface area contributed by atoms with E-state index < -0.39 is 5.60 Å². The summed E-state index contributed by atoms with van der Waals surface area (Å²) in [5.41, 5.74) is -0.495. The van der Waals surface area contributed by atoms with Crippen molar-refractivity contribution < 1.29 is 14.6 Å². The van der Waals surface area contributed by atoms with Gasteiger partial charge in [0.25, 0.3) is 0 Å². The van der Waals surface area contributed by atoms with Gasteiger partial charge in [0.2, 0.25) is 0 Å². The van der Waals surface area contributed by atoms with Crippen LogP contribution in [0.3, 0.4) is 0 Å². The molecule has 1 N–H and O–H groups in total. The van der Waals surface area contributed by atoms with Crippen molar-refractivity contribution in [1.82, 2.24) is 0 Å². The van der Waals surface area contributed by atoms with Crippen LogP contribution < -0.4 is 0 Å². The number of ketones is 1. The van der Waals surface area contributed by atoms with Gasteiger partial charge in [-0.05, 0) is 80.5 Å². The molecule has 0 unspecified atom stereocenters. The molecule has 5 aliphatic rings. The second-order valence-corrected chi connectivity index (χ2v) is 9.86. The molecule has 128 valence electrons. The third-order valence-electron chi connectivity index (χ3n) is 9.11. The lowest BCUT2D eigenvalue weighted by molar-refractivity contribution is -0.138. The third kappa shape index (κ3) is 1.62. The predicted octanol–water partition coefficient (Wildman–Crippen LogP) is 3.34. The summed E-state index contributed by atoms with van der Waals surface area (Å²) in [6.07, 6.45) is 7.28. The molecule has 0 amide bonds. The first-order chi connectivity index (χ1) is 10.8. The minimum atomic E-state index is -0.501. The summed E-state index contributed by atoms with van der Waals surface area (Å²) in [7, 11) is 0. The highest BCUT2D eigenvalue weighted by molar-refractivity contribution is 5.88. The van der Waals surface area contributed by atoms with Gasteiger partial charge in [-0.15, -0.1) is 0 Å². The Morgan fingerprint density at radius 3 is 2.70 bits per heavy atom. The smallest absolute Gasteiger partial charge is 0.164 e. The van der Waals surface area contributed by atoms with Crippen molar-refractivity contribution in [2.24, 2.45) is 35.0 Å². The SMILES string of the molecule is C[C@@H]1C[C@]23O[C@H]2C(=O)CC[C@H]3[C@H]2CC[C@@]3(C)[C@@H](CC[C@]3(C)O)[C@@H]21. The molecule has 4 aliphatic carbocycles. The van der Waals surface area contributed by atoms with Crippen LogP contribution in [0.1, 0.15) is 65.7 Å². The molecular formula is C20H30O3. The highest BCUT2D eigenvalue weighted by atomic mass is 16.6. The van der Waals surface area contributed by atoms with Gasteiger partial charge in [0.15, 0.2) is 5.78 Å². The van der Waals surface area contributed by atoms with Crippen molar-refractivity contribution in [2.45, 2.75) is 83.0 Å². The van der Waals surface area contributed by atoms with Crippen LogP contribution >= 0.6 is 0 Å². The van der Waals surface area contributed by atoms with Gasteiger partial charge in [-0.3, -0.25) is 4.79 Å². The molecule has 5 fully saturated rings. The second-order valence-electron chi connectivity index (χ2n) is 9.86. The topological polar surface area (TPSA) is 49.8 Å². The standard InChI is InChI=1S/C20H30O3/c1-11-10-20-13(4-5-15(21)17(20)23-20)12-6-8-18(2)14(16(11)12)7-9-19(18,3)22/h11-14,16-17,22H,4-10H2,1-3H3/t11-,12-,13+,14+,16-,17+,18+,19+,20-/m1/s1. The zero-order valence-electron chi connectivity index (χ0n) is 14.7. The summed E-state index contributed by atoms with van der Waals surface area (Å²) in [6.45, 7) is 6.81. The number of Topliss-reactive ketones (excluding diaryl/α,β-unsaturated/α-hetero) is 1. The first-order valence-electron chi connectivity index (χ1n) is 9.73. The maximum absolute atomic E-state index is 12.1. The van der Waals surface area contributed by atoms with Crippen LogP contribution in [-0.4, -0.2) is 28.2 Å². The van der Waals surface area contributed by atoms with E-state index in [-0.39, 0.29) is 17.1 Å². The molecular weight excluding hydrogens is 288 g/mol. The van der Waals surface area contributed by atoms with E-state index in [1.165, 1.54) is 12.8 Å². The maximum Gasteiger partial charge on any atom is 0.164 e. The zero-order valence-corrected chi connectivity index (χ0v) is 14.7. The van der Waals surface area contributed by atoms with Crippen molar-refractivity contribution in [1.29, 1.82) is 0 Å². The second kappa shape index (κ2) is 4.22. The van der Waals surface area contributed by atoms with Crippen LogP contribution in [0, 0.1) is 35.0 Å². The molecule has 1 spiro atoms. The number of aliphatic hydroxyl groups is 1. The average Bonchev–Trinajstić information content (AvgIpc) is 3.15. The molecule has 0 aromatic rings. The molecule has 5 rings (SSSR count). The number of rotatable bonds is 0. The van der Waals surface area contributed by atoms with Crippen LogP contribution in [0.2, 0.25) is 0 Å². The first-order valence-corrected chi connectivity index (χ1v) is 9.73. The summed E-state index contributed by atoms with van der Waals surface area (Å²) >= 11 is 0. The monoisotopic (exact) mass is 318 g/mol. The molecule has 1 aliphatic heterocycles. The summed E-state index contributed by atoms with van der Waals surface area (Å²) < 4.78 is 6.08. The maximum atomic E-state index is 12.1. The largest absolute Gasteiger partial charge is 0.390 e. The molecule has 9 atom stereocenters. The predicted molar refractivity (Wildman–Crippen MR) is 86.8 cm³/mol. The van der Waals surface area contributed by atoms with E-state index in [0.717, 1.165) is 38.0 Å². The number of hydrogen-bond acceptors (Lipinski definition) is 3. The Balaban J connectivity index is 1.51. The fourth-order valence-electron chi connectivity index (χ4n) is 7.76. The summed E-state index contributed by atoms with van der Waals surface area (Å²) in [6, 6.07) is 0. The van der Waals surface area contributed by atoms with Crippen molar-refractivity contribution in [2.75, 3.05) is 0 Å². The fraction of sp³-hybridized carbons (Fsp3) is 0.950. The lowest BCUT2D eigenvalue weighted by Crippen LogP contribution is -2.57. The van der Waals surface area contributed by atoms with Crippen molar-refractivity contribution >= 4 is 5.78 Å². The molecule has 1 heterocycles. The lowest BCUT2D eigenvalue weighted by atomic mass is 9.47. The van der Waals surface area contributed by atoms with Gasteiger partial charge in [0.1, 0.15) is 11.7 Å². The molecule has 0 radical (unpaired) electrons.